The summed E-state index contributed by atoms with van der Waals surface area (Å²) in [5.74, 6) is 0.806. The van der Waals surface area contributed by atoms with Gasteiger partial charge in [-0.3, -0.25) is 0 Å². The second-order valence-electron chi connectivity index (χ2n) is 5.04. The van der Waals surface area contributed by atoms with Crippen molar-refractivity contribution in [3.63, 3.8) is 0 Å². The number of nitrogens with zero attached hydrogens (tertiary/aromatic N) is 3. The van der Waals surface area contributed by atoms with Crippen molar-refractivity contribution in [2.75, 3.05) is 0 Å². The molecule has 2 aromatic heterocycles. The first-order valence-electron chi connectivity index (χ1n) is 6.66. The van der Waals surface area contributed by atoms with Crippen LogP contribution in [0, 0.1) is 18.3 Å². The number of nitriles is 1. The highest BCUT2D eigenvalue weighted by molar-refractivity contribution is 7.08. The third-order valence-corrected chi connectivity index (χ3v) is 4.68. The van der Waals surface area contributed by atoms with Gasteiger partial charge in [-0.1, -0.05) is 6.07 Å². The zero-order valence-corrected chi connectivity index (χ0v) is 13.4. The maximum Gasteiger partial charge on any atom is 0.128 e. The van der Waals surface area contributed by atoms with Crippen LogP contribution < -0.4 is 0 Å². The first-order valence-corrected chi connectivity index (χ1v) is 8.04. The number of fused-ring (bicyclic) bond motifs is 1. The summed E-state index contributed by atoms with van der Waals surface area (Å²) < 4.78 is 2.11. The molecule has 5 heteroatoms. The lowest BCUT2D eigenvalue weighted by molar-refractivity contribution is 0.741. The largest absolute Gasteiger partial charge is 0.322 e. The van der Waals surface area contributed by atoms with E-state index in [0.29, 0.717) is 5.56 Å². The molecule has 0 aliphatic heterocycles. The number of aromatic nitrogens is 2. The van der Waals surface area contributed by atoms with Gasteiger partial charge in [-0.05, 0) is 47.9 Å². The van der Waals surface area contributed by atoms with Gasteiger partial charge in [0, 0.05) is 0 Å². The van der Waals surface area contributed by atoms with E-state index >= 15 is 0 Å². The first kappa shape index (κ1) is 14.1. The van der Waals surface area contributed by atoms with Crippen LogP contribution in [0.5, 0.6) is 0 Å². The summed E-state index contributed by atoms with van der Waals surface area (Å²) in [5.41, 5.74) is 4.82. The summed E-state index contributed by atoms with van der Waals surface area (Å²) >= 11 is 7.99. The van der Waals surface area contributed by atoms with E-state index in [9.17, 15) is 5.26 Å². The Labute approximate surface area is 132 Å². The van der Waals surface area contributed by atoms with E-state index in [1.165, 1.54) is 11.1 Å². The maximum absolute atomic E-state index is 9.24. The fourth-order valence-electron chi connectivity index (χ4n) is 2.44. The molecule has 2 heterocycles. The minimum Gasteiger partial charge on any atom is -0.322 e. The number of para-hydroxylation sites is 1. The Balaban J connectivity index is 2.22. The van der Waals surface area contributed by atoms with Gasteiger partial charge in [-0.15, -0.1) is 11.6 Å². The van der Waals surface area contributed by atoms with E-state index in [0.717, 1.165) is 23.4 Å². The molecule has 1 atom stereocenters. The lowest BCUT2D eigenvalue weighted by atomic mass is 10.2. The fraction of sp³-hybridized carbons (Fsp3) is 0.250. The van der Waals surface area contributed by atoms with E-state index in [4.69, 9.17) is 11.6 Å². The van der Waals surface area contributed by atoms with Crippen molar-refractivity contribution in [2.24, 2.45) is 0 Å². The lowest BCUT2D eigenvalue weighted by Gasteiger charge is -2.10. The zero-order valence-electron chi connectivity index (χ0n) is 11.8. The van der Waals surface area contributed by atoms with Crippen LogP contribution in [0.3, 0.4) is 0 Å². The summed E-state index contributed by atoms with van der Waals surface area (Å²) in [5, 5.41) is 13.3. The molecule has 21 heavy (non-hydrogen) atoms. The van der Waals surface area contributed by atoms with E-state index < -0.39 is 0 Å². The molecule has 0 N–H and O–H groups in total. The predicted octanol–water partition coefficient (Wildman–Crippen LogP) is 4.63. The molecule has 0 radical (unpaired) electrons. The second kappa shape index (κ2) is 5.51. The maximum atomic E-state index is 9.24. The molecule has 106 valence electrons. The van der Waals surface area contributed by atoms with Crippen molar-refractivity contribution in [1.29, 1.82) is 5.26 Å². The Hall–Kier alpha value is -1.83. The standard InChI is InChI=1S/C16H14ClN3S/c1-10-8-21-9-13(10)7-20-14-5-3-4-12(6-18)15(14)19-16(20)11(2)17/h3-5,8-9,11H,7H2,1-2H3. The van der Waals surface area contributed by atoms with Crippen LogP contribution in [-0.2, 0) is 6.54 Å². The molecule has 3 rings (SSSR count). The van der Waals surface area contributed by atoms with Gasteiger partial charge >= 0.3 is 0 Å². The molecular formula is C16H14ClN3S. The minimum absolute atomic E-state index is 0.206. The number of rotatable bonds is 3. The van der Waals surface area contributed by atoms with Crippen molar-refractivity contribution in [3.8, 4) is 6.07 Å². The molecule has 1 unspecified atom stereocenters. The number of thiophene rings is 1. The Kier molecular flexibility index (Phi) is 3.71. The number of hydrogen-bond acceptors (Lipinski definition) is 3. The summed E-state index contributed by atoms with van der Waals surface area (Å²) in [6.45, 7) is 4.74. The second-order valence-corrected chi connectivity index (χ2v) is 6.44. The van der Waals surface area contributed by atoms with Gasteiger partial charge in [-0.2, -0.15) is 16.6 Å². The van der Waals surface area contributed by atoms with Gasteiger partial charge in [-0.25, -0.2) is 4.98 Å². The van der Waals surface area contributed by atoms with Crippen LogP contribution >= 0.6 is 22.9 Å². The van der Waals surface area contributed by atoms with E-state index in [1.54, 1.807) is 17.4 Å². The molecule has 0 spiro atoms. The Bertz CT molecular complexity index is 839. The molecule has 0 bridgehead atoms. The third kappa shape index (κ3) is 2.44. The molecule has 0 saturated carbocycles. The summed E-state index contributed by atoms with van der Waals surface area (Å²) in [6.07, 6.45) is 0. The van der Waals surface area contributed by atoms with Crippen molar-refractivity contribution in [2.45, 2.75) is 25.8 Å². The van der Waals surface area contributed by atoms with Gasteiger partial charge in [0.05, 0.1) is 23.0 Å². The minimum atomic E-state index is -0.206. The Morgan fingerprint density at radius 3 is 2.86 bits per heavy atom. The monoisotopic (exact) mass is 315 g/mol. The number of halogens is 1. The van der Waals surface area contributed by atoms with Gasteiger partial charge in [0.25, 0.3) is 0 Å². The summed E-state index contributed by atoms with van der Waals surface area (Å²) in [6, 6.07) is 7.88. The number of alkyl halides is 1. The van der Waals surface area contributed by atoms with Crippen LogP contribution in [0.4, 0.5) is 0 Å². The highest BCUT2D eigenvalue weighted by Crippen LogP contribution is 2.28. The van der Waals surface area contributed by atoms with Crippen LogP contribution in [0.1, 0.15) is 34.8 Å². The lowest BCUT2D eigenvalue weighted by Crippen LogP contribution is -2.05. The van der Waals surface area contributed by atoms with Crippen LogP contribution in [0.15, 0.2) is 29.0 Å². The highest BCUT2D eigenvalue weighted by Gasteiger charge is 2.17. The van der Waals surface area contributed by atoms with Gasteiger partial charge < -0.3 is 4.57 Å². The van der Waals surface area contributed by atoms with Crippen LogP contribution in [0.2, 0.25) is 0 Å². The molecule has 0 aliphatic carbocycles. The van der Waals surface area contributed by atoms with Crippen LogP contribution in [0.25, 0.3) is 11.0 Å². The van der Waals surface area contributed by atoms with Gasteiger partial charge in [0.1, 0.15) is 17.4 Å². The topological polar surface area (TPSA) is 41.6 Å². The Morgan fingerprint density at radius 1 is 1.43 bits per heavy atom. The molecule has 0 aliphatic rings. The first-order chi connectivity index (χ1) is 10.1. The normalized spacial score (nSPS) is 12.5. The van der Waals surface area contributed by atoms with Gasteiger partial charge in [0.2, 0.25) is 0 Å². The zero-order chi connectivity index (χ0) is 15.0. The highest BCUT2D eigenvalue weighted by atomic mass is 35.5. The molecule has 0 amide bonds. The third-order valence-electron chi connectivity index (χ3n) is 3.57. The average molecular weight is 316 g/mol. The van der Waals surface area contributed by atoms with E-state index in [2.05, 4.69) is 33.3 Å². The number of benzene rings is 1. The average Bonchev–Trinajstić information content (AvgIpc) is 3.04. The van der Waals surface area contributed by atoms with E-state index in [-0.39, 0.29) is 5.38 Å². The van der Waals surface area contributed by atoms with Crippen molar-refractivity contribution in [1.82, 2.24) is 9.55 Å². The smallest absolute Gasteiger partial charge is 0.128 e. The molecule has 3 aromatic rings. The van der Waals surface area contributed by atoms with Gasteiger partial charge in [0.15, 0.2) is 0 Å². The van der Waals surface area contributed by atoms with Crippen LogP contribution in [-0.4, -0.2) is 9.55 Å². The van der Waals surface area contributed by atoms with Crippen molar-refractivity contribution >= 4 is 34.0 Å². The molecule has 0 fully saturated rings. The molecular weight excluding hydrogens is 302 g/mol. The quantitative estimate of drug-likeness (QED) is 0.661. The SMILES string of the molecule is Cc1cscc1Cn1c(C(C)Cl)nc2c(C#N)cccc21. The molecule has 1 aromatic carbocycles. The summed E-state index contributed by atoms with van der Waals surface area (Å²) in [7, 11) is 0. The summed E-state index contributed by atoms with van der Waals surface area (Å²) in [4.78, 5) is 4.61. The number of imidazole rings is 1. The molecule has 3 nitrogen and oxygen atoms in total. The Morgan fingerprint density at radius 2 is 2.24 bits per heavy atom. The molecule has 0 saturated heterocycles. The predicted molar refractivity (Wildman–Crippen MR) is 86.9 cm³/mol. The fourth-order valence-corrected chi connectivity index (χ4v) is 3.46. The van der Waals surface area contributed by atoms with Crippen molar-refractivity contribution < 1.29 is 0 Å². The number of aryl methyl sites for hydroxylation is 1. The van der Waals surface area contributed by atoms with E-state index in [1.807, 2.05) is 19.1 Å². The van der Waals surface area contributed by atoms with Crippen molar-refractivity contribution in [3.05, 3.63) is 51.5 Å². The number of hydrogen-bond donors (Lipinski definition) is 0.